The van der Waals surface area contributed by atoms with Crippen LogP contribution in [0.2, 0.25) is 5.02 Å². The van der Waals surface area contributed by atoms with Gasteiger partial charge >= 0.3 is 0 Å². The molecule has 0 saturated heterocycles. The molecule has 0 N–H and O–H groups in total. The highest BCUT2D eigenvalue weighted by Gasteiger charge is 2.49. The predicted octanol–water partition coefficient (Wildman–Crippen LogP) is 5.20. The molecule has 1 aliphatic carbocycles. The van der Waals surface area contributed by atoms with E-state index in [0.29, 0.717) is 28.2 Å². The van der Waals surface area contributed by atoms with E-state index in [2.05, 4.69) is 15.2 Å². The van der Waals surface area contributed by atoms with Gasteiger partial charge in [0.25, 0.3) is 6.43 Å². The van der Waals surface area contributed by atoms with Crippen LogP contribution in [0.25, 0.3) is 16.3 Å². The second-order valence-electron chi connectivity index (χ2n) is 8.00. The topological polar surface area (TPSA) is 89.7 Å². The second-order valence-corrected chi connectivity index (χ2v) is 11.3. The molecule has 0 unspecified atom stereocenters. The molecule has 5 rings (SSSR count). The largest absolute Gasteiger partial charge is 0.497 e. The van der Waals surface area contributed by atoms with Crippen LogP contribution in [0.5, 0.6) is 5.75 Å². The van der Waals surface area contributed by atoms with Crippen LogP contribution < -0.4 is 4.74 Å². The number of halogens is 3. The fourth-order valence-electron chi connectivity index (χ4n) is 3.60. The van der Waals surface area contributed by atoms with Gasteiger partial charge in [-0.1, -0.05) is 35.1 Å². The molecule has 3 aromatic heterocycles. The number of nitrogens with zero attached hydrogens (tertiary/aromatic N) is 5. The zero-order valence-corrected chi connectivity index (χ0v) is 20.5. The number of hydrogen-bond acceptors (Lipinski definition) is 7. The van der Waals surface area contributed by atoms with E-state index in [1.54, 1.807) is 24.3 Å². The van der Waals surface area contributed by atoms with Crippen molar-refractivity contribution in [2.24, 2.45) is 0 Å². The summed E-state index contributed by atoms with van der Waals surface area (Å²) >= 11 is 7.04. The molecule has 4 aromatic rings. The molecule has 0 aliphatic heterocycles. The number of imidazole rings is 1. The van der Waals surface area contributed by atoms with E-state index < -0.39 is 33.8 Å². The molecule has 0 atom stereocenters. The van der Waals surface area contributed by atoms with Crippen molar-refractivity contribution in [1.29, 1.82) is 0 Å². The summed E-state index contributed by atoms with van der Waals surface area (Å²) in [6, 6.07) is 7.87. The van der Waals surface area contributed by atoms with Gasteiger partial charge in [-0.3, -0.25) is 4.40 Å². The molecule has 1 aromatic carbocycles. The fourth-order valence-corrected chi connectivity index (χ4v) is 6.34. The Morgan fingerprint density at radius 1 is 1.31 bits per heavy atom. The highest BCUT2D eigenvalue weighted by molar-refractivity contribution is 7.89. The van der Waals surface area contributed by atoms with Crippen molar-refractivity contribution in [3.05, 3.63) is 58.3 Å². The van der Waals surface area contributed by atoms with Crippen molar-refractivity contribution < 1.29 is 26.0 Å². The molecular weight excluding hydrogens is 520 g/mol. The highest BCUT2D eigenvalue weighted by atomic mass is 35.5. The number of pyridine rings is 1. The Hall–Kier alpha value is -2.67. The molecule has 13 heteroatoms. The average Bonchev–Trinajstić information content (AvgIpc) is 3.32. The lowest BCUT2D eigenvalue weighted by Gasteiger charge is -2.28. The van der Waals surface area contributed by atoms with Crippen molar-refractivity contribution in [2.45, 2.75) is 43.1 Å². The minimum absolute atomic E-state index is 0.0200. The molecular formula is C22H20ClF2N5O3S2. The third-order valence-corrected chi connectivity index (χ3v) is 8.77. The molecule has 3 heterocycles. The number of fused-ring (bicyclic) bond motifs is 1. The van der Waals surface area contributed by atoms with Crippen LogP contribution >= 0.6 is 22.9 Å². The Bertz CT molecular complexity index is 1610. The number of rotatable bonds is 8. The maximum Gasteiger partial charge on any atom is 0.291 e. The number of aromatic nitrogens is 4. The summed E-state index contributed by atoms with van der Waals surface area (Å²) in [6.45, 7) is -2.79. The van der Waals surface area contributed by atoms with Gasteiger partial charge in [-0.2, -0.15) is 4.31 Å². The van der Waals surface area contributed by atoms with Crippen molar-refractivity contribution in [2.75, 3.05) is 7.11 Å². The van der Waals surface area contributed by atoms with Crippen LogP contribution in [0.3, 0.4) is 0 Å². The van der Waals surface area contributed by atoms with Crippen molar-refractivity contribution in [3.63, 3.8) is 0 Å². The number of benzene rings is 1. The lowest BCUT2D eigenvalue weighted by molar-refractivity contribution is 0.150. The zero-order chi connectivity index (χ0) is 27.5. The Morgan fingerprint density at radius 3 is 2.66 bits per heavy atom. The summed E-state index contributed by atoms with van der Waals surface area (Å²) in [7, 11) is -2.94. The summed E-state index contributed by atoms with van der Waals surface area (Å²) < 4.78 is 86.2. The normalized spacial score (nSPS) is 16.9. The first kappa shape index (κ1) is 20.5. The monoisotopic (exact) mass is 542 g/mol. The minimum Gasteiger partial charge on any atom is -0.497 e. The zero-order valence-electron chi connectivity index (χ0n) is 21.2. The van der Waals surface area contributed by atoms with E-state index >= 15 is 0 Å². The summed E-state index contributed by atoms with van der Waals surface area (Å²) in [5.41, 5.74) is -0.710. The van der Waals surface area contributed by atoms with E-state index in [9.17, 15) is 17.2 Å². The van der Waals surface area contributed by atoms with Crippen LogP contribution in [0.4, 0.5) is 8.78 Å². The summed E-state index contributed by atoms with van der Waals surface area (Å²) in [6.07, 6.45) is 0.0861. The number of ether oxygens (including phenoxy) is 1. The van der Waals surface area contributed by atoms with Crippen LogP contribution in [-0.2, 0) is 16.6 Å². The van der Waals surface area contributed by atoms with E-state index in [1.807, 2.05) is 0 Å². The summed E-state index contributed by atoms with van der Waals surface area (Å²) in [5.74, 6) is 0.638. The molecule has 35 heavy (non-hydrogen) atoms. The van der Waals surface area contributed by atoms with Crippen LogP contribution in [0, 0.1) is 0 Å². The average molecular weight is 543 g/mol. The van der Waals surface area contributed by atoms with Crippen molar-refractivity contribution >= 4 is 38.5 Å². The Kier molecular flexibility index (Phi) is 5.14. The first-order chi connectivity index (χ1) is 17.9. The fraction of sp³-hybridized carbons (Fsp3) is 0.318. The minimum atomic E-state index is -4.44. The molecule has 0 amide bonds. The smallest absolute Gasteiger partial charge is 0.291 e. The molecule has 0 spiro atoms. The third kappa shape index (κ3) is 4.39. The van der Waals surface area contributed by atoms with E-state index in [0.717, 1.165) is 4.31 Å². The van der Waals surface area contributed by atoms with Gasteiger partial charge in [-0.05, 0) is 43.5 Å². The number of alkyl halides is 2. The number of sulfonamides is 1. The predicted molar refractivity (Wildman–Crippen MR) is 127 cm³/mol. The summed E-state index contributed by atoms with van der Waals surface area (Å²) in [4.78, 5) is 3.90. The lowest BCUT2D eigenvalue weighted by atomic mass is 10.2. The van der Waals surface area contributed by atoms with Gasteiger partial charge in [-0.25, -0.2) is 22.2 Å². The number of hydrogen-bond donors (Lipinski definition) is 0. The van der Waals surface area contributed by atoms with E-state index in [1.165, 1.54) is 30.0 Å². The second kappa shape index (κ2) is 8.77. The first-order valence-corrected chi connectivity index (χ1v) is 13.0. The molecule has 8 nitrogen and oxygen atoms in total. The molecule has 0 bridgehead atoms. The van der Waals surface area contributed by atoms with Crippen molar-refractivity contribution in [1.82, 2.24) is 23.9 Å². The van der Waals surface area contributed by atoms with E-state index in [4.69, 9.17) is 20.5 Å². The standard InChI is InChI=1S/C22H20ClF2N5O3S2/c1-22(7-8-22)30(11-13-3-5-14(33-2)6-4-13)35(31,32)15-9-16(23)17-10-26-19(29(17)12-15)21-28-27-20(34-21)18(24)25/h3-6,9-10,12,18H,7-8,11H2,1-2H3/i1D3. The first-order valence-electron chi connectivity index (χ1n) is 11.8. The van der Waals surface area contributed by atoms with Gasteiger partial charge in [0, 0.05) is 22.4 Å². The lowest BCUT2D eigenvalue weighted by Crippen LogP contribution is -2.39. The molecule has 184 valence electrons. The van der Waals surface area contributed by atoms with Gasteiger partial charge < -0.3 is 4.74 Å². The van der Waals surface area contributed by atoms with Crippen LogP contribution in [-0.4, -0.2) is 45.0 Å². The third-order valence-electron chi connectivity index (χ3n) is 5.66. The molecule has 1 saturated carbocycles. The SMILES string of the molecule is [2H]C([2H])([2H])C1(N(Cc2ccc(OC)cc2)S(=O)(=O)c2cc(Cl)c3cnc(-c4nnc(C(F)F)s4)n3c2)CC1. The van der Waals surface area contributed by atoms with Gasteiger partial charge in [0.15, 0.2) is 15.8 Å². The van der Waals surface area contributed by atoms with Gasteiger partial charge in [-0.15, -0.1) is 10.2 Å². The van der Waals surface area contributed by atoms with Gasteiger partial charge in [0.05, 0.1) is 23.8 Å². The maximum atomic E-state index is 14.1. The summed E-state index contributed by atoms with van der Waals surface area (Å²) in [5, 5.41) is 6.77. The van der Waals surface area contributed by atoms with Gasteiger partial charge in [0.1, 0.15) is 10.6 Å². The Balaban J connectivity index is 1.62. The maximum absolute atomic E-state index is 14.1. The highest BCUT2D eigenvalue weighted by Crippen LogP contribution is 2.45. The number of methoxy groups -OCH3 is 1. The molecule has 1 fully saturated rings. The van der Waals surface area contributed by atoms with Crippen LogP contribution in [0.1, 0.15) is 40.8 Å². The van der Waals surface area contributed by atoms with E-state index in [-0.39, 0.29) is 40.1 Å². The molecule has 1 aliphatic rings. The quantitative estimate of drug-likeness (QED) is 0.304. The molecule has 0 radical (unpaired) electrons. The Labute approximate surface area is 213 Å². The van der Waals surface area contributed by atoms with Gasteiger partial charge in [0.2, 0.25) is 10.0 Å². The van der Waals surface area contributed by atoms with Crippen molar-refractivity contribution in [3.8, 4) is 16.6 Å². The van der Waals surface area contributed by atoms with Crippen LogP contribution in [0.15, 0.2) is 47.6 Å². The Morgan fingerprint density at radius 2 is 2.06 bits per heavy atom.